The van der Waals surface area contributed by atoms with E-state index in [0.717, 1.165) is 22.0 Å². The molecule has 0 N–H and O–H groups in total. The molecule has 0 saturated heterocycles. The van der Waals surface area contributed by atoms with Crippen molar-refractivity contribution in [3.63, 3.8) is 0 Å². The molecule has 5 rings (SSSR count). The van der Waals surface area contributed by atoms with Crippen molar-refractivity contribution >= 4 is 5.97 Å². The van der Waals surface area contributed by atoms with Gasteiger partial charge in [0.1, 0.15) is 11.5 Å². The van der Waals surface area contributed by atoms with Gasteiger partial charge in [0.05, 0.1) is 26.7 Å². The third-order valence-electron chi connectivity index (χ3n) is 9.34. The average molecular weight is 497 g/mol. The van der Waals surface area contributed by atoms with Gasteiger partial charge in [0, 0.05) is 18.3 Å². The van der Waals surface area contributed by atoms with Crippen LogP contribution in [0.1, 0.15) is 55.7 Å². The van der Waals surface area contributed by atoms with Crippen molar-refractivity contribution in [3.05, 3.63) is 108 Å². The second kappa shape index (κ2) is 10.8. The molecule has 2 bridgehead atoms. The first-order chi connectivity index (χ1) is 17.9. The zero-order valence-electron chi connectivity index (χ0n) is 22.7. The fourth-order valence-electron chi connectivity index (χ4n) is 7.07. The summed E-state index contributed by atoms with van der Waals surface area (Å²) in [4.78, 5) is 14.0. The van der Waals surface area contributed by atoms with Crippen LogP contribution in [0, 0.1) is 11.8 Å². The lowest BCUT2D eigenvalue weighted by atomic mass is 9.76. The van der Waals surface area contributed by atoms with Crippen LogP contribution in [-0.2, 0) is 21.4 Å². The predicted octanol–water partition coefficient (Wildman–Crippen LogP) is 6.80. The number of quaternary nitrogens is 1. The Kier molecular flexibility index (Phi) is 7.53. The highest BCUT2D eigenvalue weighted by molar-refractivity contribution is 5.87. The van der Waals surface area contributed by atoms with Crippen molar-refractivity contribution in [2.75, 3.05) is 20.6 Å². The standard InChI is InChI=1S/C34H42NO2/c1-34(28-18-9-5-10-19-28,29-20-11-6-12-21-29)33(36)37-32-27-22-23-30(32)31(25-27)35(2,3)24-14-13-17-26-15-7-4-8-16-26/h4-12,15-16,18-21,27,30-32H,13-14,17,22-25H2,1-3H3/q+1/t27?,30?,31-,32?/m0/s1. The van der Waals surface area contributed by atoms with Crippen LogP contribution in [0.15, 0.2) is 91.0 Å². The summed E-state index contributed by atoms with van der Waals surface area (Å²) >= 11 is 0. The summed E-state index contributed by atoms with van der Waals surface area (Å²) in [5.74, 6) is 0.825. The van der Waals surface area contributed by atoms with Crippen LogP contribution < -0.4 is 0 Å². The minimum Gasteiger partial charge on any atom is -0.461 e. The van der Waals surface area contributed by atoms with Crippen LogP contribution in [0.5, 0.6) is 0 Å². The maximum absolute atomic E-state index is 14.0. The second-order valence-corrected chi connectivity index (χ2v) is 12.0. The molecule has 0 amide bonds. The minimum atomic E-state index is -0.818. The molecule has 0 spiro atoms. The van der Waals surface area contributed by atoms with Gasteiger partial charge >= 0.3 is 5.97 Å². The molecule has 2 aliphatic carbocycles. The van der Waals surface area contributed by atoms with Crippen molar-refractivity contribution in [3.8, 4) is 0 Å². The number of rotatable bonds is 10. The molecule has 2 aliphatic rings. The first-order valence-electron chi connectivity index (χ1n) is 14.1. The molecule has 3 unspecified atom stereocenters. The number of hydrogen-bond acceptors (Lipinski definition) is 2. The summed E-state index contributed by atoms with van der Waals surface area (Å²) in [5, 5.41) is 0. The van der Waals surface area contributed by atoms with Crippen molar-refractivity contribution < 1.29 is 14.0 Å². The summed E-state index contributed by atoms with van der Waals surface area (Å²) in [6.45, 7) is 3.20. The lowest BCUT2D eigenvalue weighted by Crippen LogP contribution is -2.52. The normalized spacial score (nSPS) is 23.2. The highest BCUT2D eigenvalue weighted by atomic mass is 16.5. The number of carbonyl (C=O) groups is 1. The fraction of sp³-hybridized carbons (Fsp3) is 0.441. The van der Waals surface area contributed by atoms with Crippen LogP contribution in [-0.4, -0.2) is 43.2 Å². The molecule has 0 radical (unpaired) electrons. The van der Waals surface area contributed by atoms with Gasteiger partial charge in [-0.25, -0.2) is 0 Å². The monoisotopic (exact) mass is 496 g/mol. The molecule has 0 heterocycles. The third kappa shape index (κ3) is 5.25. The number of nitrogens with zero attached hydrogens (tertiary/aromatic N) is 1. The fourth-order valence-corrected chi connectivity index (χ4v) is 7.07. The van der Waals surface area contributed by atoms with E-state index < -0.39 is 5.41 Å². The van der Waals surface area contributed by atoms with Gasteiger partial charge in [-0.2, -0.15) is 0 Å². The van der Waals surface area contributed by atoms with Crippen LogP contribution in [0.4, 0.5) is 0 Å². The van der Waals surface area contributed by atoms with Crippen molar-refractivity contribution in [2.45, 2.75) is 63.0 Å². The zero-order chi connectivity index (χ0) is 25.9. The van der Waals surface area contributed by atoms with E-state index in [4.69, 9.17) is 4.74 Å². The number of carbonyl (C=O) groups excluding carboxylic acids is 1. The molecule has 2 fully saturated rings. The largest absolute Gasteiger partial charge is 0.461 e. The maximum atomic E-state index is 14.0. The highest BCUT2D eigenvalue weighted by Gasteiger charge is 2.57. The number of ether oxygens (including phenoxy) is 1. The number of unbranched alkanes of at least 4 members (excludes halogenated alkanes) is 1. The summed E-state index contributed by atoms with van der Waals surface area (Å²) in [5.41, 5.74) is 2.59. The Morgan fingerprint density at radius 3 is 2.00 bits per heavy atom. The van der Waals surface area contributed by atoms with E-state index in [1.165, 1.54) is 44.2 Å². The average Bonchev–Trinajstić information content (AvgIpc) is 3.49. The molecule has 0 aliphatic heterocycles. The van der Waals surface area contributed by atoms with Crippen LogP contribution in [0.2, 0.25) is 0 Å². The lowest BCUT2D eigenvalue weighted by molar-refractivity contribution is -0.918. The number of hydrogen-bond donors (Lipinski definition) is 0. The highest BCUT2D eigenvalue weighted by Crippen LogP contribution is 2.50. The van der Waals surface area contributed by atoms with Gasteiger partial charge in [0.15, 0.2) is 0 Å². The van der Waals surface area contributed by atoms with Crippen molar-refractivity contribution in [2.24, 2.45) is 11.8 Å². The van der Waals surface area contributed by atoms with Gasteiger partial charge in [-0.3, -0.25) is 4.79 Å². The Bertz CT molecular complexity index is 1120. The van der Waals surface area contributed by atoms with E-state index in [1.807, 2.05) is 43.3 Å². The molecular formula is C34H42NO2+. The van der Waals surface area contributed by atoms with E-state index in [-0.39, 0.29) is 12.1 Å². The van der Waals surface area contributed by atoms with E-state index in [2.05, 4.69) is 68.7 Å². The van der Waals surface area contributed by atoms with E-state index in [1.54, 1.807) is 0 Å². The Labute approximate surface area is 223 Å². The van der Waals surface area contributed by atoms with Gasteiger partial charge < -0.3 is 9.22 Å². The Balaban J connectivity index is 1.27. The van der Waals surface area contributed by atoms with Gasteiger partial charge in [-0.1, -0.05) is 91.0 Å². The van der Waals surface area contributed by atoms with Gasteiger partial charge in [-0.15, -0.1) is 0 Å². The van der Waals surface area contributed by atoms with E-state index in [0.29, 0.717) is 17.9 Å². The number of fused-ring (bicyclic) bond motifs is 2. The number of aryl methyl sites for hydroxylation is 1. The Morgan fingerprint density at radius 1 is 0.838 bits per heavy atom. The molecule has 4 atom stereocenters. The maximum Gasteiger partial charge on any atom is 0.321 e. The van der Waals surface area contributed by atoms with E-state index >= 15 is 0 Å². The summed E-state index contributed by atoms with van der Waals surface area (Å²) < 4.78 is 7.56. The predicted molar refractivity (Wildman–Crippen MR) is 150 cm³/mol. The molecule has 3 aromatic carbocycles. The number of benzene rings is 3. The topological polar surface area (TPSA) is 26.3 Å². The zero-order valence-corrected chi connectivity index (χ0v) is 22.7. The molecule has 37 heavy (non-hydrogen) atoms. The molecule has 194 valence electrons. The summed E-state index contributed by atoms with van der Waals surface area (Å²) in [6, 6.07) is 31.6. The summed E-state index contributed by atoms with van der Waals surface area (Å²) in [6.07, 6.45) is 7.15. The Morgan fingerprint density at radius 2 is 1.41 bits per heavy atom. The van der Waals surface area contributed by atoms with Crippen LogP contribution in [0.3, 0.4) is 0 Å². The van der Waals surface area contributed by atoms with Gasteiger partial charge in [0.25, 0.3) is 0 Å². The van der Waals surface area contributed by atoms with Crippen molar-refractivity contribution in [1.82, 2.24) is 0 Å². The third-order valence-corrected chi connectivity index (χ3v) is 9.34. The molecule has 3 aromatic rings. The van der Waals surface area contributed by atoms with Crippen molar-refractivity contribution in [1.29, 1.82) is 0 Å². The van der Waals surface area contributed by atoms with E-state index in [9.17, 15) is 4.79 Å². The smallest absolute Gasteiger partial charge is 0.321 e. The second-order valence-electron chi connectivity index (χ2n) is 12.0. The molecule has 3 heteroatoms. The molecular weight excluding hydrogens is 454 g/mol. The molecule has 3 nitrogen and oxygen atoms in total. The van der Waals surface area contributed by atoms with Gasteiger partial charge in [-0.05, 0) is 55.7 Å². The van der Waals surface area contributed by atoms with Gasteiger partial charge in [0.2, 0.25) is 0 Å². The Hall–Kier alpha value is -2.91. The molecule has 2 saturated carbocycles. The molecule has 0 aromatic heterocycles. The lowest BCUT2D eigenvalue weighted by Gasteiger charge is -2.40. The van der Waals surface area contributed by atoms with Crippen LogP contribution >= 0.6 is 0 Å². The summed E-state index contributed by atoms with van der Waals surface area (Å²) in [7, 11) is 4.79. The van der Waals surface area contributed by atoms with Crippen LogP contribution in [0.25, 0.3) is 0 Å². The number of esters is 1. The SMILES string of the molecule is CC(C(=O)OC1C2CCC1[C@@H]([N+](C)(C)CCCCc1ccccc1)C2)(c1ccccc1)c1ccccc1. The first kappa shape index (κ1) is 25.7. The first-order valence-corrected chi connectivity index (χ1v) is 14.1. The quantitative estimate of drug-likeness (QED) is 0.175. The minimum absolute atomic E-state index is 0.0333.